The lowest BCUT2D eigenvalue weighted by molar-refractivity contribution is 0.304. The Morgan fingerprint density at radius 2 is 0.938 bits per heavy atom. The fourth-order valence-corrected chi connectivity index (χ4v) is 9.25. The van der Waals surface area contributed by atoms with E-state index in [0.29, 0.717) is 65.7 Å². The standard InChI is InChI=1S/C53H60N8O3S/c1-3-5-7-9-11-15-28-62-37-19-22-40-43(32-37)51-55-46-25-26-47(54-46)56-52-44-33-38(63-29-16-12-10-8-6-4-2)20-23-41(44)50(59-52)61-53-45-34-39(21-24-42(45)49(60-53)57-48(40)58-51)64-30-17-13-14-18-36-27-31-65-35-36/h19-27,31-35H,3-18,28-30H2,1-2H3,(H2,54,55,56,57,58,59,60,61). The summed E-state index contributed by atoms with van der Waals surface area (Å²) in [6, 6.07) is 20.5. The molecule has 0 saturated heterocycles. The normalized spacial score (nSPS) is 12.0. The van der Waals surface area contributed by atoms with Gasteiger partial charge >= 0.3 is 0 Å². The largest absolute Gasteiger partial charge is 0.494 e. The molecular formula is C53H60N8O3S. The number of nitrogens with zero attached hydrogens (tertiary/aromatic N) is 6. The van der Waals surface area contributed by atoms with Gasteiger partial charge in [-0.25, -0.2) is 29.9 Å². The van der Waals surface area contributed by atoms with Crippen LogP contribution in [-0.2, 0) is 6.42 Å². The van der Waals surface area contributed by atoms with Gasteiger partial charge in [0.2, 0.25) is 0 Å². The zero-order valence-corrected chi connectivity index (χ0v) is 38.7. The molecule has 6 heterocycles. The van der Waals surface area contributed by atoms with E-state index in [2.05, 4.69) is 46.7 Å². The number of H-pyrrole nitrogens is 2. The number of aryl methyl sites for hydroxylation is 1. The van der Waals surface area contributed by atoms with Crippen LogP contribution < -0.4 is 14.2 Å². The smallest absolute Gasteiger partial charge is 0.164 e. The lowest BCUT2D eigenvalue weighted by Crippen LogP contribution is -1.98. The molecule has 0 spiro atoms. The maximum Gasteiger partial charge on any atom is 0.164 e. The molecule has 336 valence electrons. The number of nitrogens with one attached hydrogen (secondary N) is 2. The minimum atomic E-state index is 0.528. The first kappa shape index (κ1) is 44.1. The van der Waals surface area contributed by atoms with Crippen molar-refractivity contribution in [2.24, 2.45) is 0 Å². The predicted octanol–water partition coefficient (Wildman–Crippen LogP) is 14.0. The van der Waals surface area contributed by atoms with Crippen molar-refractivity contribution < 1.29 is 14.2 Å². The minimum Gasteiger partial charge on any atom is -0.494 e. The molecule has 0 fully saturated rings. The number of thiophene rings is 1. The van der Waals surface area contributed by atoms with E-state index in [9.17, 15) is 0 Å². The van der Waals surface area contributed by atoms with Gasteiger partial charge in [-0.2, -0.15) is 11.3 Å². The molecule has 65 heavy (non-hydrogen) atoms. The van der Waals surface area contributed by atoms with Crippen LogP contribution in [0, 0.1) is 0 Å². The number of benzene rings is 3. The number of aromatic amines is 2. The highest BCUT2D eigenvalue weighted by Gasteiger charge is 2.22. The van der Waals surface area contributed by atoms with Crippen LogP contribution in [0.4, 0.5) is 0 Å². The summed E-state index contributed by atoms with van der Waals surface area (Å²) in [4.78, 5) is 37.5. The van der Waals surface area contributed by atoms with Crippen LogP contribution in [-0.4, -0.2) is 59.7 Å². The molecule has 7 aromatic rings. The third-order valence-electron chi connectivity index (χ3n) is 12.2. The van der Waals surface area contributed by atoms with E-state index in [0.717, 1.165) is 94.9 Å². The summed E-state index contributed by atoms with van der Waals surface area (Å²) in [5.41, 5.74) is 5.65. The van der Waals surface area contributed by atoms with Gasteiger partial charge in [-0.05, 0) is 128 Å². The minimum absolute atomic E-state index is 0.528. The van der Waals surface area contributed by atoms with Gasteiger partial charge in [0.25, 0.3) is 0 Å². The number of fused-ring (bicyclic) bond motifs is 17. The number of rotatable bonds is 23. The molecule has 0 amide bonds. The molecular weight excluding hydrogens is 829 g/mol. The molecule has 12 heteroatoms. The average molecular weight is 889 g/mol. The average Bonchev–Trinajstić information content (AvgIpc) is 4.18. The molecule has 8 bridgehead atoms. The summed E-state index contributed by atoms with van der Waals surface area (Å²) in [6.07, 6.45) is 22.6. The number of hydrogen-bond acceptors (Lipinski definition) is 10. The number of hydrogen-bond donors (Lipinski definition) is 2. The van der Waals surface area contributed by atoms with Gasteiger partial charge in [-0.3, -0.25) is 0 Å². The number of ether oxygens (including phenoxy) is 3. The Balaban J connectivity index is 1.09. The van der Waals surface area contributed by atoms with Crippen molar-refractivity contribution in [3.05, 3.63) is 88.6 Å². The zero-order chi connectivity index (χ0) is 44.2. The van der Waals surface area contributed by atoms with Gasteiger partial charge in [0.1, 0.15) is 39.8 Å². The summed E-state index contributed by atoms with van der Waals surface area (Å²) in [5.74, 6) is 4.49. The summed E-state index contributed by atoms with van der Waals surface area (Å²) in [6.45, 7) is 6.45. The van der Waals surface area contributed by atoms with Gasteiger partial charge in [0, 0.05) is 32.7 Å². The summed E-state index contributed by atoms with van der Waals surface area (Å²) in [7, 11) is 0. The second kappa shape index (κ2) is 21.7. The van der Waals surface area contributed by atoms with Crippen LogP contribution in [0.3, 0.4) is 0 Å². The fraction of sp³-hybridized carbons (Fsp3) is 0.396. The van der Waals surface area contributed by atoms with Crippen molar-refractivity contribution in [2.45, 2.75) is 117 Å². The third-order valence-corrected chi connectivity index (χ3v) is 12.9. The molecule has 3 aromatic carbocycles. The van der Waals surface area contributed by atoms with E-state index in [-0.39, 0.29) is 0 Å². The number of aromatic nitrogens is 8. The first-order chi connectivity index (χ1) is 32.1. The first-order valence-corrected chi connectivity index (χ1v) is 24.9. The molecule has 0 aliphatic carbocycles. The topological polar surface area (TPSA) is 137 Å². The molecule has 2 N–H and O–H groups in total. The second-order valence-electron chi connectivity index (χ2n) is 17.2. The van der Waals surface area contributed by atoms with Crippen LogP contribution in [0.1, 0.15) is 127 Å². The van der Waals surface area contributed by atoms with E-state index < -0.39 is 0 Å². The van der Waals surface area contributed by atoms with Crippen molar-refractivity contribution in [1.82, 2.24) is 39.9 Å². The molecule has 4 aromatic heterocycles. The van der Waals surface area contributed by atoms with Crippen molar-refractivity contribution >= 4 is 67.6 Å². The Morgan fingerprint density at radius 1 is 0.446 bits per heavy atom. The quantitative estimate of drug-likeness (QED) is 0.0601. The molecule has 0 atom stereocenters. The van der Waals surface area contributed by atoms with Crippen LogP contribution in [0.2, 0.25) is 0 Å². The first-order valence-electron chi connectivity index (χ1n) is 23.9. The molecule has 0 radical (unpaired) electrons. The highest BCUT2D eigenvalue weighted by molar-refractivity contribution is 7.07. The molecule has 2 aliphatic rings. The Hall–Kier alpha value is -6.14. The van der Waals surface area contributed by atoms with Crippen molar-refractivity contribution in [3.8, 4) is 40.0 Å². The molecule has 0 saturated carbocycles. The summed E-state index contributed by atoms with van der Waals surface area (Å²) >= 11 is 1.76. The van der Waals surface area contributed by atoms with E-state index >= 15 is 0 Å². The Bertz CT molecular complexity index is 2900. The predicted molar refractivity (Wildman–Crippen MR) is 266 cm³/mol. The van der Waals surface area contributed by atoms with E-state index in [1.165, 1.54) is 63.4 Å². The molecule has 11 nitrogen and oxygen atoms in total. The highest BCUT2D eigenvalue weighted by Crippen LogP contribution is 2.38. The lowest BCUT2D eigenvalue weighted by atomic mass is 10.1. The van der Waals surface area contributed by atoms with Crippen molar-refractivity contribution in [1.29, 1.82) is 0 Å². The van der Waals surface area contributed by atoms with Gasteiger partial charge in [0.15, 0.2) is 23.3 Å². The summed E-state index contributed by atoms with van der Waals surface area (Å²) in [5, 5.41) is 7.95. The van der Waals surface area contributed by atoms with Gasteiger partial charge < -0.3 is 24.2 Å². The Kier molecular flexibility index (Phi) is 14.7. The van der Waals surface area contributed by atoms with E-state index in [4.69, 9.17) is 44.1 Å². The zero-order valence-electron chi connectivity index (χ0n) is 37.8. The van der Waals surface area contributed by atoms with Gasteiger partial charge in [-0.1, -0.05) is 78.1 Å². The SMILES string of the molecule is CCCCCCCCOc1ccc2c3nc4nc(nc5[nH]c(nc6nc(nc([nH]3)c2c1)C=C6)c1cc(OCCCCCCCC)ccc51)-c1cc(OCCCCCc2ccsc2)ccc1-4. The monoisotopic (exact) mass is 888 g/mol. The Labute approximate surface area is 385 Å². The molecule has 0 unspecified atom stereocenters. The maximum absolute atomic E-state index is 6.36. The third kappa shape index (κ3) is 11.0. The van der Waals surface area contributed by atoms with Crippen LogP contribution >= 0.6 is 11.3 Å². The summed E-state index contributed by atoms with van der Waals surface area (Å²) < 4.78 is 18.9. The van der Waals surface area contributed by atoms with Crippen molar-refractivity contribution in [3.63, 3.8) is 0 Å². The van der Waals surface area contributed by atoms with E-state index in [1.54, 1.807) is 11.3 Å². The second-order valence-corrected chi connectivity index (χ2v) is 17.9. The number of unbranched alkanes of at least 4 members (excludes halogenated alkanes) is 12. The Morgan fingerprint density at radius 3 is 1.49 bits per heavy atom. The fourth-order valence-electron chi connectivity index (χ4n) is 8.55. The van der Waals surface area contributed by atoms with Crippen LogP contribution in [0.5, 0.6) is 17.2 Å². The van der Waals surface area contributed by atoms with Gasteiger partial charge in [0.05, 0.1) is 19.8 Å². The highest BCUT2D eigenvalue weighted by atomic mass is 32.1. The van der Waals surface area contributed by atoms with E-state index in [1.807, 2.05) is 60.7 Å². The molecule has 2 aliphatic heterocycles. The van der Waals surface area contributed by atoms with Gasteiger partial charge in [-0.15, -0.1) is 0 Å². The van der Waals surface area contributed by atoms with Crippen LogP contribution in [0.15, 0.2) is 71.4 Å². The lowest BCUT2D eigenvalue weighted by Gasteiger charge is -2.08. The maximum atomic E-state index is 6.36. The van der Waals surface area contributed by atoms with Crippen molar-refractivity contribution in [2.75, 3.05) is 19.8 Å². The van der Waals surface area contributed by atoms with Crippen LogP contribution in [0.25, 0.3) is 79.1 Å². The molecule has 9 rings (SSSR count).